The maximum absolute atomic E-state index is 11.1. The smallest absolute Gasteiger partial charge is 0.317 e. The van der Waals surface area contributed by atoms with Crippen LogP contribution >= 0.6 is 15.9 Å². The van der Waals surface area contributed by atoms with Crippen LogP contribution in [0.25, 0.3) is 0 Å². The SMILES string of the molecule is CCCCCCCCCCC(CCCCCCCC)CC(Br)C(=O)O. The molecule has 0 aromatic rings. The van der Waals surface area contributed by atoms with Gasteiger partial charge in [-0.05, 0) is 12.3 Å². The third kappa shape index (κ3) is 17.1. The maximum atomic E-state index is 11.1. The third-order valence-corrected chi connectivity index (χ3v) is 6.01. The van der Waals surface area contributed by atoms with Gasteiger partial charge in [0.1, 0.15) is 4.83 Å². The summed E-state index contributed by atoms with van der Waals surface area (Å²) in [6.07, 6.45) is 21.9. The number of alkyl halides is 1. The highest BCUT2D eigenvalue weighted by atomic mass is 79.9. The number of aliphatic carboxylic acids is 1. The van der Waals surface area contributed by atoms with Crippen LogP contribution < -0.4 is 0 Å². The zero-order valence-corrected chi connectivity index (χ0v) is 18.5. The van der Waals surface area contributed by atoms with E-state index in [2.05, 4.69) is 29.8 Å². The lowest BCUT2D eigenvalue weighted by atomic mass is 9.90. The number of unbranched alkanes of at least 4 members (excludes halogenated alkanes) is 12. The number of hydrogen-bond acceptors (Lipinski definition) is 1. The Morgan fingerprint density at radius 2 is 1.08 bits per heavy atom. The van der Waals surface area contributed by atoms with E-state index >= 15 is 0 Å². The van der Waals surface area contributed by atoms with E-state index in [1.807, 2.05) is 0 Å². The Labute approximate surface area is 165 Å². The molecule has 0 saturated carbocycles. The van der Waals surface area contributed by atoms with Gasteiger partial charge in [-0.3, -0.25) is 4.79 Å². The first-order chi connectivity index (χ1) is 12.1. The molecule has 0 saturated heterocycles. The number of carboxylic acids is 1. The van der Waals surface area contributed by atoms with Gasteiger partial charge in [0.15, 0.2) is 0 Å². The van der Waals surface area contributed by atoms with Crippen LogP contribution in [-0.2, 0) is 4.79 Å². The minimum atomic E-state index is -0.705. The Bertz CT molecular complexity index is 294. The van der Waals surface area contributed by atoms with Crippen molar-refractivity contribution in [2.45, 2.75) is 128 Å². The van der Waals surface area contributed by atoms with Gasteiger partial charge in [-0.2, -0.15) is 0 Å². The van der Waals surface area contributed by atoms with E-state index < -0.39 is 5.97 Å². The Morgan fingerprint density at radius 1 is 0.720 bits per heavy atom. The van der Waals surface area contributed by atoms with Crippen molar-refractivity contribution in [3.8, 4) is 0 Å². The normalized spacial score (nSPS) is 13.7. The van der Waals surface area contributed by atoms with E-state index in [0.717, 1.165) is 6.42 Å². The van der Waals surface area contributed by atoms with E-state index in [9.17, 15) is 4.79 Å². The predicted molar refractivity (Wildman–Crippen MR) is 114 cm³/mol. The van der Waals surface area contributed by atoms with Gasteiger partial charge in [0.25, 0.3) is 0 Å². The van der Waals surface area contributed by atoms with Gasteiger partial charge in [0.2, 0.25) is 0 Å². The molecule has 150 valence electrons. The number of hydrogen-bond donors (Lipinski definition) is 1. The zero-order valence-electron chi connectivity index (χ0n) is 16.9. The fraction of sp³-hybridized carbons (Fsp3) is 0.955. The van der Waals surface area contributed by atoms with Crippen molar-refractivity contribution >= 4 is 21.9 Å². The first kappa shape index (κ1) is 24.9. The molecular weight excluding hydrogens is 376 g/mol. The van der Waals surface area contributed by atoms with Crippen molar-refractivity contribution in [1.29, 1.82) is 0 Å². The summed E-state index contributed by atoms with van der Waals surface area (Å²) in [5.74, 6) is -0.129. The molecule has 0 heterocycles. The van der Waals surface area contributed by atoms with Crippen LogP contribution in [-0.4, -0.2) is 15.9 Å². The van der Waals surface area contributed by atoms with Crippen molar-refractivity contribution in [3.05, 3.63) is 0 Å². The fourth-order valence-electron chi connectivity index (χ4n) is 3.55. The average Bonchev–Trinajstić information content (AvgIpc) is 2.59. The molecule has 0 aliphatic rings. The standard InChI is InChI=1S/C22H43BrO2/c1-3-5-7-9-11-12-14-16-18-20(19-21(23)22(24)25)17-15-13-10-8-6-4-2/h20-21H,3-19H2,1-2H3,(H,24,25). The lowest BCUT2D eigenvalue weighted by Gasteiger charge is -2.18. The minimum absolute atomic E-state index is 0.369. The van der Waals surface area contributed by atoms with E-state index in [1.54, 1.807) is 0 Å². The van der Waals surface area contributed by atoms with Gasteiger partial charge >= 0.3 is 5.97 Å². The molecule has 0 rings (SSSR count). The molecule has 0 bridgehead atoms. The molecule has 0 amide bonds. The Hall–Kier alpha value is -0.0500. The molecule has 0 fully saturated rings. The summed E-state index contributed by atoms with van der Waals surface area (Å²) in [6, 6.07) is 0. The van der Waals surface area contributed by atoms with Crippen LogP contribution in [0.1, 0.15) is 123 Å². The molecule has 0 aliphatic heterocycles. The summed E-state index contributed by atoms with van der Waals surface area (Å²) >= 11 is 3.34. The Kier molecular flexibility index (Phi) is 18.7. The van der Waals surface area contributed by atoms with E-state index in [4.69, 9.17) is 5.11 Å². The molecule has 1 N–H and O–H groups in total. The average molecular weight is 419 g/mol. The molecule has 3 heteroatoms. The highest BCUT2D eigenvalue weighted by Gasteiger charge is 2.19. The highest BCUT2D eigenvalue weighted by molar-refractivity contribution is 9.10. The van der Waals surface area contributed by atoms with Crippen LogP contribution in [0.3, 0.4) is 0 Å². The van der Waals surface area contributed by atoms with Crippen LogP contribution in [0.5, 0.6) is 0 Å². The van der Waals surface area contributed by atoms with Crippen molar-refractivity contribution in [1.82, 2.24) is 0 Å². The second-order valence-corrected chi connectivity index (χ2v) is 8.83. The third-order valence-electron chi connectivity index (χ3n) is 5.24. The van der Waals surface area contributed by atoms with E-state index in [-0.39, 0.29) is 4.83 Å². The number of rotatable bonds is 19. The highest BCUT2D eigenvalue weighted by Crippen LogP contribution is 2.26. The lowest BCUT2D eigenvalue weighted by molar-refractivity contribution is -0.136. The second kappa shape index (κ2) is 18.7. The molecule has 0 aromatic carbocycles. The summed E-state index contributed by atoms with van der Waals surface area (Å²) in [6.45, 7) is 4.51. The predicted octanol–water partition coefficient (Wildman–Crippen LogP) is 8.12. The summed E-state index contributed by atoms with van der Waals surface area (Å²) in [5.41, 5.74) is 0. The molecular formula is C22H43BrO2. The van der Waals surface area contributed by atoms with Gasteiger partial charge in [-0.25, -0.2) is 0 Å². The molecule has 2 nitrogen and oxygen atoms in total. The van der Waals surface area contributed by atoms with Gasteiger partial charge in [-0.15, -0.1) is 0 Å². The van der Waals surface area contributed by atoms with Crippen molar-refractivity contribution in [3.63, 3.8) is 0 Å². The second-order valence-electron chi connectivity index (χ2n) is 7.73. The van der Waals surface area contributed by atoms with Gasteiger partial charge in [0, 0.05) is 0 Å². The molecule has 0 radical (unpaired) electrons. The van der Waals surface area contributed by atoms with Crippen LogP contribution in [0.2, 0.25) is 0 Å². The molecule has 0 spiro atoms. The number of halogens is 1. The van der Waals surface area contributed by atoms with E-state index in [1.165, 1.54) is 103 Å². The fourth-order valence-corrected chi connectivity index (χ4v) is 4.08. The van der Waals surface area contributed by atoms with Crippen LogP contribution in [0.15, 0.2) is 0 Å². The van der Waals surface area contributed by atoms with Gasteiger partial charge < -0.3 is 5.11 Å². The molecule has 0 aliphatic carbocycles. The molecule has 0 aromatic heterocycles. The first-order valence-corrected chi connectivity index (χ1v) is 11.9. The minimum Gasteiger partial charge on any atom is -0.480 e. The van der Waals surface area contributed by atoms with E-state index in [0.29, 0.717) is 5.92 Å². The summed E-state index contributed by atoms with van der Waals surface area (Å²) in [7, 11) is 0. The summed E-state index contributed by atoms with van der Waals surface area (Å²) in [5, 5.41) is 9.17. The Morgan fingerprint density at radius 3 is 1.44 bits per heavy atom. The summed E-state index contributed by atoms with van der Waals surface area (Å²) < 4.78 is 0. The van der Waals surface area contributed by atoms with Crippen molar-refractivity contribution < 1.29 is 9.90 Å². The topological polar surface area (TPSA) is 37.3 Å². The van der Waals surface area contributed by atoms with Crippen molar-refractivity contribution in [2.24, 2.45) is 5.92 Å². The summed E-state index contributed by atoms with van der Waals surface area (Å²) in [4.78, 5) is 10.8. The Balaban J connectivity index is 3.87. The zero-order chi connectivity index (χ0) is 18.8. The first-order valence-electron chi connectivity index (χ1n) is 11.0. The van der Waals surface area contributed by atoms with Crippen LogP contribution in [0.4, 0.5) is 0 Å². The number of carbonyl (C=O) groups is 1. The molecule has 2 unspecified atom stereocenters. The lowest BCUT2D eigenvalue weighted by Crippen LogP contribution is -2.17. The van der Waals surface area contributed by atoms with Crippen molar-refractivity contribution in [2.75, 3.05) is 0 Å². The largest absolute Gasteiger partial charge is 0.480 e. The quantitative estimate of drug-likeness (QED) is 0.169. The van der Waals surface area contributed by atoms with Crippen LogP contribution in [0, 0.1) is 5.92 Å². The molecule has 2 atom stereocenters. The van der Waals surface area contributed by atoms with Gasteiger partial charge in [-0.1, -0.05) is 133 Å². The monoisotopic (exact) mass is 418 g/mol. The number of carboxylic acid groups (broad SMARTS) is 1. The molecule has 25 heavy (non-hydrogen) atoms. The van der Waals surface area contributed by atoms with Gasteiger partial charge in [0.05, 0.1) is 0 Å². The maximum Gasteiger partial charge on any atom is 0.317 e.